The molecule has 1 saturated heterocycles. The van der Waals surface area contributed by atoms with Crippen molar-refractivity contribution in [2.75, 3.05) is 44.7 Å². The van der Waals surface area contributed by atoms with Gasteiger partial charge in [0.2, 0.25) is 5.95 Å². The monoisotopic (exact) mass is 512 g/mol. The number of anilines is 1. The average molecular weight is 513 g/mol. The molecule has 1 aromatic heterocycles. The third-order valence-electron chi connectivity index (χ3n) is 5.50. The minimum atomic E-state index is 0. The Bertz CT molecular complexity index is 803. The van der Waals surface area contributed by atoms with Gasteiger partial charge in [0.1, 0.15) is 0 Å². The van der Waals surface area contributed by atoms with Crippen molar-refractivity contribution >= 4 is 47.5 Å². The van der Waals surface area contributed by atoms with E-state index in [0.29, 0.717) is 0 Å². The molecule has 0 amide bonds. The standard InChI is InChI=1S/C20H25ClN6.HI/c1-22-18(25-15-20(6-7-20)16-4-2-5-17(21)14-16)26-10-12-27(13-11-26)19-23-8-3-9-24-19;/h2-5,8-9,14H,6-7,10-13,15H2,1H3,(H,22,25);1H. The minimum Gasteiger partial charge on any atom is -0.355 e. The number of rotatable bonds is 4. The van der Waals surface area contributed by atoms with Gasteiger partial charge in [-0.05, 0) is 36.6 Å². The Hall–Kier alpha value is -1.61. The quantitative estimate of drug-likeness (QED) is 0.387. The van der Waals surface area contributed by atoms with Crippen molar-refractivity contribution in [1.82, 2.24) is 20.2 Å². The molecule has 0 unspecified atom stereocenters. The summed E-state index contributed by atoms with van der Waals surface area (Å²) in [6, 6.07) is 10.1. The molecule has 2 aliphatic rings. The van der Waals surface area contributed by atoms with Crippen molar-refractivity contribution in [2.45, 2.75) is 18.3 Å². The molecule has 8 heteroatoms. The second-order valence-corrected chi connectivity index (χ2v) is 7.65. The van der Waals surface area contributed by atoms with Crippen LogP contribution < -0.4 is 10.2 Å². The molecule has 0 atom stereocenters. The zero-order valence-electron chi connectivity index (χ0n) is 16.0. The van der Waals surface area contributed by atoms with E-state index < -0.39 is 0 Å². The number of guanidine groups is 1. The van der Waals surface area contributed by atoms with Gasteiger partial charge in [-0.3, -0.25) is 4.99 Å². The molecule has 0 radical (unpaired) electrons. The summed E-state index contributed by atoms with van der Waals surface area (Å²) >= 11 is 6.19. The lowest BCUT2D eigenvalue weighted by Gasteiger charge is -2.36. The predicted octanol–water partition coefficient (Wildman–Crippen LogP) is 3.18. The first-order valence-electron chi connectivity index (χ1n) is 9.44. The number of piperazine rings is 1. The molecule has 2 heterocycles. The third-order valence-corrected chi connectivity index (χ3v) is 5.74. The second-order valence-electron chi connectivity index (χ2n) is 7.21. The Morgan fingerprint density at radius 1 is 1.14 bits per heavy atom. The van der Waals surface area contributed by atoms with Crippen LogP contribution in [-0.4, -0.2) is 60.6 Å². The summed E-state index contributed by atoms with van der Waals surface area (Å²) in [6.07, 6.45) is 5.97. The van der Waals surface area contributed by atoms with Gasteiger partial charge in [0, 0.05) is 62.6 Å². The lowest BCUT2D eigenvalue weighted by atomic mass is 9.96. The van der Waals surface area contributed by atoms with E-state index in [1.807, 2.05) is 25.2 Å². The van der Waals surface area contributed by atoms with Crippen molar-refractivity contribution in [3.05, 3.63) is 53.3 Å². The molecule has 0 spiro atoms. The van der Waals surface area contributed by atoms with Gasteiger partial charge in [0.05, 0.1) is 0 Å². The van der Waals surface area contributed by atoms with Crippen molar-refractivity contribution < 1.29 is 0 Å². The first-order chi connectivity index (χ1) is 13.2. The van der Waals surface area contributed by atoms with Crippen LogP contribution in [0, 0.1) is 0 Å². The highest BCUT2D eigenvalue weighted by atomic mass is 127. The zero-order valence-corrected chi connectivity index (χ0v) is 19.1. The first kappa shape index (κ1) is 21.1. The van der Waals surface area contributed by atoms with Crippen LogP contribution in [-0.2, 0) is 5.41 Å². The van der Waals surface area contributed by atoms with Crippen molar-refractivity contribution in [2.24, 2.45) is 4.99 Å². The number of nitrogens with zero attached hydrogens (tertiary/aromatic N) is 5. The molecule has 28 heavy (non-hydrogen) atoms. The summed E-state index contributed by atoms with van der Waals surface area (Å²) in [4.78, 5) is 17.7. The topological polar surface area (TPSA) is 56.7 Å². The molecule has 1 aliphatic carbocycles. The zero-order chi connectivity index (χ0) is 18.7. The van der Waals surface area contributed by atoms with Crippen LogP contribution in [0.25, 0.3) is 0 Å². The van der Waals surface area contributed by atoms with E-state index in [2.05, 4.69) is 42.2 Å². The van der Waals surface area contributed by atoms with Crippen LogP contribution in [0.4, 0.5) is 5.95 Å². The number of nitrogens with one attached hydrogen (secondary N) is 1. The Labute approximate surface area is 188 Å². The van der Waals surface area contributed by atoms with E-state index in [4.69, 9.17) is 11.6 Å². The fourth-order valence-corrected chi connectivity index (χ4v) is 3.88. The Balaban J connectivity index is 0.00000225. The molecular weight excluding hydrogens is 487 g/mol. The normalized spacial score (nSPS) is 18.4. The van der Waals surface area contributed by atoms with Gasteiger partial charge in [-0.2, -0.15) is 0 Å². The van der Waals surface area contributed by atoms with Crippen LogP contribution >= 0.6 is 35.6 Å². The number of aliphatic imine (C=N–C) groups is 1. The van der Waals surface area contributed by atoms with Crippen LogP contribution in [0.2, 0.25) is 5.02 Å². The molecule has 1 aromatic carbocycles. The first-order valence-corrected chi connectivity index (χ1v) is 9.82. The van der Waals surface area contributed by atoms with E-state index in [0.717, 1.165) is 49.7 Å². The summed E-state index contributed by atoms with van der Waals surface area (Å²) in [5, 5.41) is 4.41. The summed E-state index contributed by atoms with van der Waals surface area (Å²) in [5.74, 6) is 1.77. The van der Waals surface area contributed by atoms with E-state index in [9.17, 15) is 0 Å². The van der Waals surface area contributed by atoms with Crippen molar-refractivity contribution in [1.29, 1.82) is 0 Å². The van der Waals surface area contributed by atoms with E-state index in [1.165, 1.54) is 18.4 Å². The second kappa shape index (κ2) is 9.26. The molecule has 0 bridgehead atoms. The number of hydrogen-bond acceptors (Lipinski definition) is 4. The maximum Gasteiger partial charge on any atom is 0.225 e. The summed E-state index contributed by atoms with van der Waals surface area (Å²) < 4.78 is 0. The minimum absolute atomic E-state index is 0. The molecule has 1 aliphatic heterocycles. The number of aromatic nitrogens is 2. The molecular formula is C20H26ClIN6. The van der Waals surface area contributed by atoms with Gasteiger partial charge in [0.25, 0.3) is 0 Å². The van der Waals surface area contributed by atoms with Gasteiger partial charge < -0.3 is 15.1 Å². The van der Waals surface area contributed by atoms with Crippen molar-refractivity contribution in [3.8, 4) is 0 Å². The van der Waals surface area contributed by atoms with E-state index in [-0.39, 0.29) is 29.4 Å². The summed E-state index contributed by atoms with van der Waals surface area (Å²) in [7, 11) is 1.86. The highest BCUT2D eigenvalue weighted by Crippen LogP contribution is 2.48. The fraction of sp³-hybridized carbons (Fsp3) is 0.450. The average Bonchev–Trinajstić information content (AvgIpc) is 3.51. The van der Waals surface area contributed by atoms with Crippen LogP contribution in [0.1, 0.15) is 18.4 Å². The maximum absolute atomic E-state index is 6.19. The van der Waals surface area contributed by atoms with Crippen LogP contribution in [0.15, 0.2) is 47.7 Å². The smallest absolute Gasteiger partial charge is 0.225 e. The third kappa shape index (κ3) is 4.68. The lowest BCUT2D eigenvalue weighted by Crippen LogP contribution is -2.53. The summed E-state index contributed by atoms with van der Waals surface area (Å²) in [5.41, 5.74) is 1.52. The highest BCUT2D eigenvalue weighted by molar-refractivity contribution is 14.0. The van der Waals surface area contributed by atoms with Crippen LogP contribution in [0.5, 0.6) is 0 Å². The largest absolute Gasteiger partial charge is 0.355 e. The van der Waals surface area contributed by atoms with Crippen molar-refractivity contribution in [3.63, 3.8) is 0 Å². The van der Waals surface area contributed by atoms with Gasteiger partial charge in [-0.15, -0.1) is 24.0 Å². The maximum atomic E-state index is 6.19. The molecule has 2 fully saturated rings. The number of halogens is 2. The van der Waals surface area contributed by atoms with E-state index >= 15 is 0 Å². The molecule has 6 nitrogen and oxygen atoms in total. The Morgan fingerprint density at radius 2 is 1.86 bits per heavy atom. The van der Waals surface area contributed by atoms with E-state index in [1.54, 1.807) is 12.4 Å². The molecule has 2 aromatic rings. The number of benzene rings is 1. The summed E-state index contributed by atoms with van der Waals surface area (Å²) in [6.45, 7) is 4.49. The van der Waals surface area contributed by atoms with Gasteiger partial charge in [0.15, 0.2) is 5.96 Å². The fourth-order valence-electron chi connectivity index (χ4n) is 3.69. The molecule has 1 N–H and O–H groups in total. The molecule has 4 rings (SSSR count). The van der Waals surface area contributed by atoms with Gasteiger partial charge in [-0.25, -0.2) is 9.97 Å². The predicted molar refractivity (Wildman–Crippen MR) is 125 cm³/mol. The Morgan fingerprint density at radius 3 is 2.46 bits per heavy atom. The SMILES string of the molecule is CN=C(NCC1(c2cccc(Cl)c2)CC1)N1CCN(c2ncccn2)CC1.I. The van der Waals surface area contributed by atoms with Gasteiger partial charge >= 0.3 is 0 Å². The highest BCUT2D eigenvalue weighted by Gasteiger charge is 2.44. The van der Waals surface area contributed by atoms with Crippen LogP contribution in [0.3, 0.4) is 0 Å². The number of hydrogen-bond donors (Lipinski definition) is 1. The van der Waals surface area contributed by atoms with Gasteiger partial charge in [-0.1, -0.05) is 23.7 Å². The Kier molecular flexibility index (Phi) is 6.98. The molecule has 150 valence electrons. The molecule has 1 saturated carbocycles. The lowest BCUT2D eigenvalue weighted by molar-refractivity contribution is 0.368.